The summed E-state index contributed by atoms with van der Waals surface area (Å²) in [4.78, 5) is 0. The van der Waals surface area contributed by atoms with Crippen molar-refractivity contribution in [2.24, 2.45) is 0 Å². The molecule has 0 aromatic heterocycles. The summed E-state index contributed by atoms with van der Waals surface area (Å²) in [7, 11) is 0. The molecular formula is C8H12OS. The minimum absolute atomic E-state index is 0.379. The van der Waals surface area contributed by atoms with Crippen molar-refractivity contribution in [3.63, 3.8) is 0 Å². The molecule has 0 amide bonds. The minimum atomic E-state index is 0.379. The third-order valence-corrected chi connectivity index (χ3v) is 2.76. The molecule has 0 aromatic carbocycles. The fourth-order valence-electron chi connectivity index (χ4n) is 0.984. The monoisotopic (exact) mass is 156 g/mol. The number of terminal acetylenes is 1. The van der Waals surface area contributed by atoms with E-state index in [-0.39, 0.29) is 0 Å². The van der Waals surface area contributed by atoms with Crippen LogP contribution in [0, 0.1) is 12.3 Å². The molecule has 1 fully saturated rings. The summed E-state index contributed by atoms with van der Waals surface area (Å²) in [5.41, 5.74) is 0.379. The van der Waals surface area contributed by atoms with Gasteiger partial charge in [-0.2, -0.15) is 0 Å². The van der Waals surface area contributed by atoms with Gasteiger partial charge in [-0.25, -0.2) is 0 Å². The maximum Gasteiger partial charge on any atom is 0.108 e. The maximum absolute atomic E-state index is 5.36. The molecule has 1 atom stereocenters. The van der Waals surface area contributed by atoms with Gasteiger partial charge in [0, 0.05) is 0 Å². The third kappa shape index (κ3) is 2.64. The fraction of sp³-hybridized carbons (Fsp3) is 0.750. The molecule has 0 saturated carbocycles. The van der Waals surface area contributed by atoms with Gasteiger partial charge in [-0.1, -0.05) is 5.92 Å². The van der Waals surface area contributed by atoms with E-state index < -0.39 is 0 Å². The van der Waals surface area contributed by atoms with Gasteiger partial charge in [-0.05, 0) is 25.0 Å². The highest BCUT2D eigenvalue weighted by atomic mass is 32.2. The number of ether oxygens (including phenoxy) is 1. The summed E-state index contributed by atoms with van der Waals surface area (Å²) in [5, 5.41) is 0. The predicted octanol–water partition coefficient (Wildman–Crippen LogP) is 1.88. The highest BCUT2D eigenvalue weighted by Crippen LogP contribution is 2.25. The summed E-state index contributed by atoms with van der Waals surface area (Å²) in [5.74, 6) is 3.71. The Morgan fingerprint density at radius 1 is 1.60 bits per heavy atom. The second-order valence-electron chi connectivity index (χ2n) is 2.31. The average Bonchev–Trinajstić information content (AvgIpc) is 2.03. The highest BCUT2D eigenvalue weighted by Gasteiger charge is 2.12. The number of thioether (sulfide) groups is 1. The van der Waals surface area contributed by atoms with Gasteiger partial charge in [0.05, 0.1) is 0 Å². The number of hydrogen-bond donors (Lipinski definition) is 0. The van der Waals surface area contributed by atoms with Crippen molar-refractivity contribution in [3.05, 3.63) is 0 Å². The quantitative estimate of drug-likeness (QED) is 0.564. The summed E-state index contributed by atoms with van der Waals surface area (Å²) in [6, 6.07) is 0. The lowest BCUT2D eigenvalue weighted by Gasteiger charge is -2.20. The lowest BCUT2D eigenvalue weighted by molar-refractivity contribution is 0.132. The first-order valence-electron chi connectivity index (χ1n) is 3.60. The van der Waals surface area contributed by atoms with E-state index in [4.69, 9.17) is 11.2 Å². The zero-order valence-electron chi connectivity index (χ0n) is 6.01. The Balaban J connectivity index is 2.09. The van der Waals surface area contributed by atoms with Crippen LogP contribution in [0.15, 0.2) is 0 Å². The molecule has 2 heteroatoms. The van der Waals surface area contributed by atoms with Crippen LogP contribution in [0.3, 0.4) is 0 Å². The van der Waals surface area contributed by atoms with E-state index in [9.17, 15) is 0 Å². The normalized spacial score (nSPS) is 25.7. The Morgan fingerprint density at radius 2 is 2.50 bits per heavy atom. The SMILES string of the molecule is C#CCOC1CCCCS1. The van der Waals surface area contributed by atoms with E-state index in [1.54, 1.807) is 0 Å². The van der Waals surface area contributed by atoms with E-state index in [0.29, 0.717) is 12.0 Å². The van der Waals surface area contributed by atoms with Crippen LogP contribution in [0.5, 0.6) is 0 Å². The first-order valence-corrected chi connectivity index (χ1v) is 4.65. The second-order valence-corrected chi connectivity index (χ2v) is 3.58. The number of rotatable bonds is 2. The zero-order chi connectivity index (χ0) is 7.23. The zero-order valence-corrected chi connectivity index (χ0v) is 6.82. The van der Waals surface area contributed by atoms with Crippen molar-refractivity contribution >= 4 is 11.8 Å². The van der Waals surface area contributed by atoms with Crippen LogP contribution < -0.4 is 0 Å². The maximum atomic E-state index is 5.36. The molecule has 1 saturated heterocycles. The molecule has 1 nitrogen and oxygen atoms in total. The van der Waals surface area contributed by atoms with E-state index in [1.807, 2.05) is 11.8 Å². The molecule has 1 aliphatic rings. The van der Waals surface area contributed by atoms with Crippen LogP contribution in [-0.4, -0.2) is 17.8 Å². The van der Waals surface area contributed by atoms with Crippen molar-refractivity contribution in [2.75, 3.05) is 12.4 Å². The molecule has 0 N–H and O–H groups in total. The Kier molecular flexibility index (Phi) is 3.71. The summed E-state index contributed by atoms with van der Waals surface area (Å²) in [6.45, 7) is 0.470. The van der Waals surface area contributed by atoms with Crippen LogP contribution in [0.2, 0.25) is 0 Å². The molecule has 1 aliphatic heterocycles. The van der Waals surface area contributed by atoms with Crippen LogP contribution in [-0.2, 0) is 4.74 Å². The average molecular weight is 156 g/mol. The standard InChI is InChI=1S/C8H12OS/c1-2-6-9-8-5-3-4-7-10-8/h1,8H,3-7H2. The van der Waals surface area contributed by atoms with Crippen LogP contribution in [0.1, 0.15) is 19.3 Å². The Bertz CT molecular complexity index is 122. The van der Waals surface area contributed by atoms with E-state index in [0.717, 1.165) is 0 Å². The van der Waals surface area contributed by atoms with E-state index in [2.05, 4.69) is 5.92 Å². The predicted molar refractivity (Wildman–Crippen MR) is 44.9 cm³/mol. The van der Waals surface area contributed by atoms with Crippen molar-refractivity contribution in [1.82, 2.24) is 0 Å². The largest absolute Gasteiger partial charge is 0.355 e. The van der Waals surface area contributed by atoms with Crippen molar-refractivity contribution < 1.29 is 4.74 Å². The van der Waals surface area contributed by atoms with Crippen molar-refractivity contribution in [3.8, 4) is 12.3 Å². The molecule has 1 heterocycles. The molecule has 0 aromatic rings. The van der Waals surface area contributed by atoms with Crippen molar-refractivity contribution in [1.29, 1.82) is 0 Å². The molecule has 10 heavy (non-hydrogen) atoms. The van der Waals surface area contributed by atoms with Gasteiger partial charge in [0.15, 0.2) is 0 Å². The molecule has 1 unspecified atom stereocenters. The lowest BCUT2D eigenvalue weighted by atomic mass is 10.2. The summed E-state index contributed by atoms with van der Waals surface area (Å²) >= 11 is 1.89. The molecule has 56 valence electrons. The molecule has 0 spiro atoms. The van der Waals surface area contributed by atoms with Crippen LogP contribution in [0.4, 0.5) is 0 Å². The smallest absolute Gasteiger partial charge is 0.108 e. The molecule has 0 radical (unpaired) electrons. The lowest BCUT2D eigenvalue weighted by Crippen LogP contribution is -2.13. The van der Waals surface area contributed by atoms with Gasteiger partial charge in [-0.15, -0.1) is 18.2 Å². The van der Waals surface area contributed by atoms with Gasteiger partial charge >= 0.3 is 0 Å². The first kappa shape index (κ1) is 7.97. The summed E-state index contributed by atoms with van der Waals surface area (Å²) < 4.78 is 5.36. The van der Waals surface area contributed by atoms with Crippen LogP contribution in [0.25, 0.3) is 0 Å². The third-order valence-electron chi connectivity index (χ3n) is 1.49. The molecule has 0 bridgehead atoms. The fourth-order valence-corrected chi connectivity index (χ4v) is 2.11. The van der Waals surface area contributed by atoms with Gasteiger partial charge in [-0.3, -0.25) is 0 Å². The van der Waals surface area contributed by atoms with E-state index in [1.165, 1.54) is 25.0 Å². The topological polar surface area (TPSA) is 9.23 Å². The second kappa shape index (κ2) is 4.65. The summed E-state index contributed by atoms with van der Waals surface area (Å²) in [6.07, 6.45) is 8.86. The van der Waals surface area contributed by atoms with Gasteiger partial charge in [0.25, 0.3) is 0 Å². The Labute approximate surface area is 66.5 Å². The minimum Gasteiger partial charge on any atom is -0.355 e. The number of hydrogen-bond acceptors (Lipinski definition) is 2. The Morgan fingerprint density at radius 3 is 3.10 bits per heavy atom. The van der Waals surface area contributed by atoms with Crippen molar-refractivity contribution in [2.45, 2.75) is 24.7 Å². The molecule has 0 aliphatic carbocycles. The van der Waals surface area contributed by atoms with Crippen LogP contribution >= 0.6 is 11.8 Å². The molecular weight excluding hydrogens is 144 g/mol. The highest BCUT2D eigenvalue weighted by molar-refractivity contribution is 7.99. The Hall–Kier alpha value is -0.130. The molecule has 1 rings (SSSR count). The van der Waals surface area contributed by atoms with Gasteiger partial charge in [0.1, 0.15) is 12.0 Å². The first-order chi connectivity index (χ1) is 4.93. The van der Waals surface area contributed by atoms with Gasteiger partial charge in [0.2, 0.25) is 0 Å². The van der Waals surface area contributed by atoms with Gasteiger partial charge < -0.3 is 4.74 Å². The van der Waals surface area contributed by atoms with E-state index >= 15 is 0 Å².